The molecule has 2 aliphatic rings. The van der Waals surface area contributed by atoms with Gasteiger partial charge in [-0.3, -0.25) is 4.79 Å². The molecule has 0 aromatic carbocycles. The standard InChI is InChI=1S/C17H32N2O2/c1-19(2)16(13-6-4-3-5-7-13)12-18-15-10-8-14(9-11-15)17(20)21/h13-16,18H,3-12H2,1-2H3,(H,20,21). The molecule has 0 spiro atoms. The number of nitrogens with zero attached hydrogens (tertiary/aromatic N) is 1. The van der Waals surface area contributed by atoms with E-state index in [1.807, 2.05) is 0 Å². The van der Waals surface area contributed by atoms with E-state index >= 15 is 0 Å². The maximum Gasteiger partial charge on any atom is 0.306 e. The van der Waals surface area contributed by atoms with Crippen LogP contribution in [0.25, 0.3) is 0 Å². The fraction of sp³-hybridized carbons (Fsp3) is 0.941. The van der Waals surface area contributed by atoms with Crippen LogP contribution in [0.15, 0.2) is 0 Å². The van der Waals surface area contributed by atoms with Crippen LogP contribution in [0.2, 0.25) is 0 Å². The Morgan fingerprint density at radius 3 is 2.24 bits per heavy atom. The molecule has 122 valence electrons. The fourth-order valence-electron chi connectivity index (χ4n) is 4.12. The molecule has 0 saturated heterocycles. The number of likely N-dealkylation sites (N-methyl/N-ethyl adjacent to an activating group) is 1. The third-order valence-electron chi connectivity index (χ3n) is 5.55. The van der Waals surface area contributed by atoms with Crippen LogP contribution in [0.5, 0.6) is 0 Å². The monoisotopic (exact) mass is 296 g/mol. The van der Waals surface area contributed by atoms with Crippen molar-refractivity contribution < 1.29 is 9.90 Å². The van der Waals surface area contributed by atoms with Gasteiger partial charge in [0.1, 0.15) is 0 Å². The van der Waals surface area contributed by atoms with Gasteiger partial charge in [-0.05, 0) is 58.5 Å². The van der Waals surface area contributed by atoms with Crippen LogP contribution < -0.4 is 5.32 Å². The molecule has 2 rings (SSSR count). The second-order valence-electron chi connectivity index (χ2n) is 7.22. The summed E-state index contributed by atoms with van der Waals surface area (Å²) in [5, 5.41) is 12.8. The van der Waals surface area contributed by atoms with E-state index in [0.717, 1.165) is 38.1 Å². The third-order valence-corrected chi connectivity index (χ3v) is 5.55. The van der Waals surface area contributed by atoms with Gasteiger partial charge in [-0.25, -0.2) is 0 Å². The Morgan fingerprint density at radius 2 is 1.71 bits per heavy atom. The molecule has 4 nitrogen and oxygen atoms in total. The summed E-state index contributed by atoms with van der Waals surface area (Å²) in [5.41, 5.74) is 0. The maximum absolute atomic E-state index is 11.0. The van der Waals surface area contributed by atoms with Gasteiger partial charge in [0.05, 0.1) is 5.92 Å². The molecule has 0 radical (unpaired) electrons. The maximum atomic E-state index is 11.0. The lowest BCUT2D eigenvalue weighted by molar-refractivity contribution is -0.142. The van der Waals surface area contributed by atoms with Crippen molar-refractivity contribution >= 4 is 5.97 Å². The van der Waals surface area contributed by atoms with Gasteiger partial charge in [0.15, 0.2) is 0 Å². The zero-order chi connectivity index (χ0) is 15.2. The zero-order valence-electron chi connectivity index (χ0n) is 13.7. The van der Waals surface area contributed by atoms with Crippen molar-refractivity contribution in [2.45, 2.75) is 69.9 Å². The molecule has 0 aromatic heterocycles. The SMILES string of the molecule is CN(C)C(CNC1CCC(C(=O)O)CC1)C1CCCCC1. The van der Waals surface area contributed by atoms with E-state index in [2.05, 4.69) is 24.3 Å². The van der Waals surface area contributed by atoms with Crippen LogP contribution in [-0.4, -0.2) is 48.7 Å². The lowest BCUT2D eigenvalue weighted by atomic mass is 9.82. The van der Waals surface area contributed by atoms with Crippen molar-refractivity contribution in [1.29, 1.82) is 0 Å². The fourth-order valence-corrected chi connectivity index (χ4v) is 4.12. The molecule has 4 heteroatoms. The van der Waals surface area contributed by atoms with Crippen LogP contribution in [0.3, 0.4) is 0 Å². The van der Waals surface area contributed by atoms with Crippen LogP contribution in [-0.2, 0) is 4.79 Å². The Morgan fingerprint density at radius 1 is 1.10 bits per heavy atom. The summed E-state index contributed by atoms with van der Waals surface area (Å²) in [6.07, 6.45) is 10.6. The molecule has 0 aromatic rings. The topological polar surface area (TPSA) is 52.6 Å². The van der Waals surface area contributed by atoms with Crippen LogP contribution >= 0.6 is 0 Å². The summed E-state index contributed by atoms with van der Waals surface area (Å²) in [7, 11) is 4.39. The van der Waals surface area contributed by atoms with Gasteiger partial charge >= 0.3 is 5.97 Å². The van der Waals surface area contributed by atoms with Gasteiger partial charge < -0.3 is 15.3 Å². The van der Waals surface area contributed by atoms with Gasteiger partial charge in [0, 0.05) is 18.6 Å². The lowest BCUT2D eigenvalue weighted by Gasteiger charge is -2.37. The minimum Gasteiger partial charge on any atom is -0.481 e. The minimum absolute atomic E-state index is 0.106. The Bertz CT molecular complexity index is 319. The zero-order valence-corrected chi connectivity index (χ0v) is 13.7. The van der Waals surface area contributed by atoms with E-state index in [-0.39, 0.29) is 5.92 Å². The number of carboxylic acids is 1. The Hall–Kier alpha value is -0.610. The summed E-state index contributed by atoms with van der Waals surface area (Å²) < 4.78 is 0. The molecule has 0 amide bonds. The number of carbonyl (C=O) groups is 1. The molecule has 1 unspecified atom stereocenters. The molecule has 2 N–H and O–H groups in total. The second kappa shape index (κ2) is 8.14. The molecule has 21 heavy (non-hydrogen) atoms. The first-order valence-electron chi connectivity index (χ1n) is 8.70. The second-order valence-corrected chi connectivity index (χ2v) is 7.22. The summed E-state index contributed by atoms with van der Waals surface area (Å²) >= 11 is 0. The van der Waals surface area contributed by atoms with Crippen molar-refractivity contribution in [2.75, 3.05) is 20.6 Å². The molecule has 1 atom stereocenters. The van der Waals surface area contributed by atoms with Crippen molar-refractivity contribution in [1.82, 2.24) is 10.2 Å². The number of nitrogens with one attached hydrogen (secondary N) is 1. The number of rotatable bonds is 6. The normalized spacial score (nSPS) is 29.5. The summed E-state index contributed by atoms with van der Waals surface area (Å²) in [5.74, 6) is 0.115. The highest BCUT2D eigenvalue weighted by molar-refractivity contribution is 5.70. The van der Waals surface area contributed by atoms with Gasteiger partial charge in [-0.1, -0.05) is 19.3 Å². The molecule has 2 fully saturated rings. The van der Waals surface area contributed by atoms with Crippen LogP contribution in [0, 0.1) is 11.8 Å². The molecule has 2 saturated carbocycles. The van der Waals surface area contributed by atoms with E-state index in [0.29, 0.717) is 12.1 Å². The average molecular weight is 296 g/mol. The van der Waals surface area contributed by atoms with Gasteiger partial charge in [-0.2, -0.15) is 0 Å². The molecular formula is C17H32N2O2. The van der Waals surface area contributed by atoms with Crippen LogP contribution in [0.4, 0.5) is 0 Å². The molecule has 0 bridgehead atoms. The van der Waals surface area contributed by atoms with Crippen molar-refractivity contribution in [3.8, 4) is 0 Å². The Balaban J connectivity index is 1.76. The first-order chi connectivity index (χ1) is 10.1. The number of aliphatic carboxylic acids is 1. The third kappa shape index (κ3) is 4.96. The first-order valence-corrected chi connectivity index (χ1v) is 8.70. The summed E-state index contributed by atoms with van der Waals surface area (Å²) in [4.78, 5) is 13.4. The number of carboxylic acid groups (broad SMARTS) is 1. The van der Waals surface area contributed by atoms with Gasteiger partial charge in [-0.15, -0.1) is 0 Å². The minimum atomic E-state index is -0.609. The van der Waals surface area contributed by atoms with Crippen molar-refractivity contribution in [3.63, 3.8) is 0 Å². The van der Waals surface area contributed by atoms with Crippen LogP contribution in [0.1, 0.15) is 57.8 Å². The predicted molar refractivity (Wildman–Crippen MR) is 85.4 cm³/mol. The average Bonchev–Trinajstić information content (AvgIpc) is 2.48. The highest BCUT2D eigenvalue weighted by Crippen LogP contribution is 2.29. The van der Waals surface area contributed by atoms with E-state index in [9.17, 15) is 4.79 Å². The molecule has 0 heterocycles. The molecular weight excluding hydrogens is 264 g/mol. The van der Waals surface area contributed by atoms with E-state index < -0.39 is 5.97 Å². The summed E-state index contributed by atoms with van der Waals surface area (Å²) in [6.45, 7) is 1.06. The van der Waals surface area contributed by atoms with Gasteiger partial charge in [0.25, 0.3) is 0 Å². The molecule has 0 aliphatic heterocycles. The van der Waals surface area contributed by atoms with Crippen molar-refractivity contribution in [3.05, 3.63) is 0 Å². The Kier molecular flexibility index (Phi) is 6.49. The predicted octanol–water partition coefficient (Wildman–Crippen LogP) is 2.73. The quantitative estimate of drug-likeness (QED) is 0.791. The number of hydrogen-bond donors (Lipinski definition) is 2. The highest BCUT2D eigenvalue weighted by atomic mass is 16.4. The summed E-state index contributed by atoms with van der Waals surface area (Å²) in [6, 6.07) is 1.15. The number of hydrogen-bond acceptors (Lipinski definition) is 3. The van der Waals surface area contributed by atoms with E-state index in [1.165, 1.54) is 32.1 Å². The lowest BCUT2D eigenvalue weighted by Crippen LogP contribution is -2.47. The van der Waals surface area contributed by atoms with E-state index in [1.54, 1.807) is 0 Å². The molecule has 2 aliphatic carbocycles. The highest BCUT2D eigenvalue weighted by Gasteiger charge is 2.28. The van der Waals surface area contributed by atoms with Gasteiger partial charge in [0.2, 0.25) is 0 Å². The Labute approximate surface area is 129 Å². The smallest absolute Gasteiger partial charge is 0.306 e. The van der Waals surface area contributed by atoms with E-state index in [4.69, 9.17) is 5.11 Å². The largest absolute Gasteiger partial charge is 0.481 e. The van der Waals surface area contributed by atoms with Crippen molar-refractivity contribution in [2.24, 2.45) is 11.8 Å². The first kappa shape index (κ1) is 16.8.